The number of aryl methyl sites for hydroxylation is 1. The van der Waals surface area contributed by atoms with Gasteiger partial charge in [0, 0.05) is 33.4 Å². The molecule has 7 heteroatoms. The number of anilines is 1. The summed E-state index contributed by atoms with van der Waals surface area (Å²) in [6.45, 7) is 7.43. The third-order valence-electron chi connectivity index (χ3n) is 4.06. The lowest BCUT2D eigenvalue weighted by Crippen LogP contribution is -2.54. The van der Waals surface area contributed by atoms with E-state index in [-0.39, 0.29) is 18.6 Å². The van der Waals surface area contributed by atoms with Crippen LogP contribution in [0.15, 0.2) is 12.3 Å². The molecule has 0 unspecified atom stereocenters. The number of morpholine rings is 1. The molecule has 1 aromatic heterocycles. The van der Waals surface area contributed by atoms with Crippen molar-refractivity contribution >= 4 is 11.7 Å². The van der Waals surface area contributed by atoms with Gasteiger partial charge in [-0.1, -0.05) is 0 Å². The number of ether oxygens (including phenoxy) is 2. The Morgan fingerprint density at radius 1 is 1.56 bits per heavy atom. The van der Waals surface area contributed by atoms with E-state index in [1.54, 1.807) is 20.3 Å². The van der Waals surface area contributed by atoms with Crippen LogP contribution in [-0.4, -0.2) is 67.9 Å². The van der Waals surface area contributed by atoms with E-state index < -0.39 is 5.60 Å². The lowest BCUT2D eigenvalue weighted by atomic mass is 10.0. The highest BCUT2D eigenvalue weighted by atomic mass is 16.5. The summed E-state index contributed by atoms with van der Waals surface area (Å²) < 4.78 is 11.6. The van der Waals surface area contributed by atoms with E-state index in [2.05, 4.69) is 16.0 Å². The van der Waals surface area contributed by atoms with E-state index >= 15 is 0 Å². The van der Waals surface area contributed by atoms with Gasteiger partial charge in [-0.3, -0.25) is 4.79 Å². The van der Waals surface area contributed by atoms with Gasteiger partial charge in [0.05, 0.1) is 23.9 Å². The van der Waals surface area contributed by atoms with E-state index in [0.29, 0.717) is 31.1 Å². The Kier molecular flexibility index (Phi) is 5.98. The fourth-order valence-corrected chi connectivity index (χ4v) is 2.87. The molecule has 7 nitrogen and oxygen atoms in total. The van der Waals surface area contributed by atoms with E-state index in [0.717, 1.165) is 5.56 Å². The van der Waals surface area contributed by atoms with E-state index in [1.165, 1.54) is 4.90 Å². The molecule has 2 heterocycles. The maximum atomic E-state index is 11.6. The van der Waals surface area contributed by atoms with Crippen LogP contribution in [-0.2, 0) is 14.3 Å². The van der Waals surface area contributed by atoms with Crippen molar-refractivity contribution in [3.8, 4) is 6.07 Å². The van der Waals surface area contributed by atoms with Crippen LogP contribution in [0.3, 0.4) is 0 Å². The van der Waals surface area contributed by atoms with Crippen molar-refractivity contribution in [3.63, 3.8) is 0 Å². The number of hydrogen-bond acceptors (Lipinski definition) is 6. The van der Waals surface area contributed by atoms with Gasteiger partial charge in [-0.15, -0.1) is 0 Å². The summed E-state index contributed by atoms with van der Waals surface area (Å²) in [4.78, 5) is 19.6. The number of aromatic nitrogens is 1. The molecule has 1 fully saturated rings. The van der Waals surface area contributed by atoms with Gasteiger partial charge in [-0.2, -0.15) is 5.26 Å². The van der Waals surface area contributed by atoms with E-state index in [4.69, 9.17) is 9.47 Å². The van der Waals surface area contributed by atoms with Crippen molar-refractivity contribution < 1.29 is 14.3 Å². The first-order valence-corrected chi connectivity index (χ1v) is 8.30. The van der Waals surface area contributed by atoms with Crippen LogP contribution in [0.2, 0.25) is 0 Å². The lowest BCUT2D eigenvalue weighted by Gasteiger charge is -2.43. The monoisotopic (exact) mass is 346 g/mol. The van der Waals surface area contributed by atoms with Crippen molar-refractivity contribution in [2.24, 2.45) is 0 Å². The summed E-state index contributed by atoms with van der Waals surface area (Å²) in [5.41, 5.74) is 1.08. The zero-order chi connectivity index (χ0) is 18.6. The molecule has 0 aliphatic carbocycles. The highest BCUT2D eigenvalue weighted by Gasteiger charge is 2.35. The molecule has 0 radical (unpaired) electrons. The first-order chi connectivity index (χ1) is 11.7. The Balaban J connectivity index is 2.10. The summed E-state index contributed by atoms with van der Waals surface area (Å²) in [7, 11) is 3.39. The largest absolute Gasteiger partial charge is 0.369 e. The third-order valence-corrected chi connectivity index (χ3v) is 4.06. The molecule has 1 aliphatic rings. The van der Waals surface area contributed by atoms with Crippen LogP contribution in [0.1, 0.15) is 25.0 Å². The first kappa shape index (κ1) is 19.2. The number of nitrogens with zero attached hydrogens (tertiary/aromatic N) is 4. The maximum absolute atomic E-state index is 11.6. The molecule has 25 heavy (non-hydrogen) atoms. The normalized spacial score (nSPS) is 19.4. The summed E-state index contributed by atoms with van der Waals surface area (Å²) in [5.74, 6) is 0.590. The van der Waals surface area contributed by atoms with Gasteiger partial charge in [0.2, 0.25) is 5.91 Å². The molecule has 1 amide bonds. The van der Waals surface area contributed by atoms with Gasteiger partial charge in [-0.25, -0.2) is 4.98 Å². The lowest BCUT2D eigenvalue weighted by molar-refractivity contribution is -0.139. The second kappa shape index (κ2) is 7.81. The molecule has 0 spiro atoms. The summed E-state index contributed by atoms with van der Waals surface area (Å²) >= 11 is 0. The number of amides is 1. The molecule has 0 saturated carbocycles. The standard InChI is InChI=1S/C18H26N4O3/c1-13-6-7-20-17(15(13)8-19)22-9-14(25-18(2,3)12-22)10-24-11-16(23)21(4)5/h6-7,14H,9-12H2,1-5H3/t14-/m1/s1. The number of nitriles is 1. The minimum atomic E-state index is -0.407. The molecule has 2 rings (SSSR count). The fraction of sp³-hybridized carbons (Fsp3) is 0.611. The van der Waals surface area contributed by atoms with Crippen LogP contribution >= 0.6 is 0 Å². The van der Waals surface area contributed by atoms with E-state index in [9.17, 15) is 10.1 Å². The Morgan fingerprint density at radius 3 is 2.92 bits per heavy atom. The molecule has 1 atom stereocenters. The average molecular weight is 346 g/mol. The van der Waals surface area contributed by atoms with E-state index in [1.807, 2.05) is 26.8 Å². The summed E-state index contributed by atoms with van der Waals surface area (Å²) in [5, 5.41) is 9.47. The number of carbonyl (C=O) groups is 1. The van der Waals surface area contributed by atoms with Gasteiger partial charge in [0.25, 0.3) is 0 Å². The topological polar surface area (TPSA) is 78.7 Å². The molecule has 0 aromatic carbocycles. The van der Waals surface area contributed by atoms with Crippen LogP contribution in [0.4, 0.5) is 5.82 Å². The molecular weight excluding hydrogens is 320 g/mol. The van der Waals surface area contributed by atoms with Crippen molar-refractivity contribution in [2.45, 2.75) is 32.5 Å². The molecule has 1 aliphatic heterocycles. The fourth-order valence-electron chi connectivity index (χ4n) is 2.87. The second-order valence-corrected chi connectivity index (χ2v) is 7.12. The zero-order valence-corrected chi connectivity index (χ0v) is 15.6. The SMILES string of the molecule is Cc1ccnc(N2C[C@H](COCC(=O)N(C)C)OC(C)(C)C2)c1C#N. The molecule has 1 aromatic rings. The Morgan fingerprint density at radius 2 is 2.28 bits per heavy atom. The number of hydrogen-bond donors (Lipinski definition) is 0. The smallest absolute Gasteiger partial charge is 0.248 e. The van der Waals surface area contributed by atoms with Crippen LogP contribution in [0.25, 0.3) is 0 Å². The van der Waals surface area contributed by atoms with Crippen molar-refractivity contribution in [1.29, 1.82) is 5.26 Å². The van der Waals surface area contributed by atoms with Crippen LogP contribution in [0, 0.1) is 18.3 Å². The van der Waals surface area contributed by atoms with Crippen molar-refractivity contribution in [3.05, 3.63) is 23.4 Å². The predicted octanol–water partition coefficient (Wildman–Crippen LogP) is 1.35. The van der Waals surface area contributed by atoms with Gasteiger partial charge in [0.15, 0.2) is 0 Å². The molecule has 0 bridgehead atoms. The number of carbonyl (C=O) groups excluding carboxylic acids is 1. The number of pyridine rings is 1. The number of likely N-dealkylation sites (N-methyl/N-ethyl adjacent to an activating group) is 1. The molecule has 1 saturated heterocycles. The number of rotatable bonds is 5. The summed E-state index contributed by atoms with van der Waals surface area (Å²) in [6.07, 6.45) is 1.52. The van der Waals surface area contributed by atoms with Crippen molar-refractivity contribution in [1.82, 2.24) is 9.88 Å². The minimum absolute atomic E-state index is 0.0272. The van der Waals surface area contributed by atoms with Gasteiger partial charge in [-0.05, 0) is 32.4 Å². The molecular formula is C18H26N4O3. The zero-order valence-electron chi connectivity index (χ0n) is 15.6. The first-order valence-electron chi connectivity index (χ1n) is 8.30. The van der Waals surface area contributed by atoms with Crippen molar-refractivity contribution in [2.75, 3.05) is 45.3 Å². The van der Waals surface area contributed by atoms with Gasteiger partial charge in [0.1, 0.15) is 18.5 Å². The predicted molar refractivity (Wildman–Crippen MR) is 94.4 cm³/mol. The molecule has 0 N–H and O–H groups in total. The second-order valence-electron chi connectivity index (χ2n) is 7.12. The highest BCUT2D eigenvalue weighted by Crippen LogP contribution is 2.28. The van der Waals surface area contributed by atoms with Crippen LogP contribution in [0.5, 0.6) is 0 Å². The average Bonchev–Trinajstić information content (AvgIpc) is 2.52. The third kappa shape index (κ3) is 4.91. The van der Waals surface area contributed by atoms with Gasteiger partial charge >= 0.3 is 0 Å². The quantitative estimate of drug-likeness (QED) is 0.801. The Bertz CT molecular complexity index is 667. The summed E-state index contributed by atoms with van der Waals surface area (Å²) in [6, 6.07) is 4.08. The molecule has 136 valence electrons. The Labute approximate surface area is 149 Å². The minimum Gasteiger partial charge on any atom is -0.369 e. The Hall–Kier alpha value is -2.17. The highest BCUT2D eigenvalue weighted by molar-refractivity contribution is 5.76. The maximum Gasteiger partial charge on any atom is 0.248 e. The van der Waals surface area contributed by atoms with Crippen LogP contribution < -0.4 is 4.90 Å². The van der Waals surface area contributed by atoms with Gasteiger partial charge < -0.3 is 19.3 Å².